The number of rotatable bonds is 6. The van der Waals surface area contributed by atoms with E-state index in [1.54, 1.807) is 0 Å². The average molecular weight is 215 g/mol. The summed E-state index contributed by atoms with van der Waals surface area (Å²) in [6.45, 7) is 10.4. The number of carbonyl (C=O) groups excluding carboxylic acids is 1. The standard InChI is InChI=1S/C12H25NO2/c1-7-12(5,8-2)13-10(4)9(3)11(14)15-6/h9-10,13H,7-8H2,1-6H3. The van der Waals surface area contributed by atoms with Gasteiger partial charge in [0.1, 0.15) is 0 Å². The van der Waals surface area contributed by atoms with Crippen LogP contribution in [0.3, 0.4) is 0 Å². The van der Waals surface area contributed by atoms with Crippen molar-refractivity contribution < 1.29 is 9.53 Å². The quantitative estimate of drug-likeness (QED) is 0.691. The second-order valence-electron chi connectivity index (χ2n) is 4.51. The molecule has 1 N–H and O–H groups in total. The number of nitrogens with one attached hydrogen (secondary N) is 1. The minimum Gasteiger partial charge on any atom is -0.469 e. The lowest BCUT2D eigenvalue weighted by molar-refractivity contribution is -0.145. The van der Waals surface area contributed by atoms with E-state index in [9.17, 15) is 4.79 Å². The smallest absolute Gasteiger partial charge is 0.309 e. The molecule has 0 amide bonds. The zero-order valence-corrected chi connectivity index (χ0v) is 10.9. The SMILES string of the molecule is CCC(C)(CC)NC(C)C(C)C(=O)OC. The van der Waals surface area contributed by atoms with Gasteiger partial charge in [0.15, 0.2) is 0 Å². The van der Waals surface area contributed by atoms with Crippen LogP contribution < -0.4 is 5.32 Å². The van der Waals surface area contributed by atoms with Crippen molar-refractivity contribution in [3.05, 3.63) is 0 Å². The number of esters is 1. The Morgan fingerprint density at radius 3 is 2.13 bits per heavy atom. The first-order valence-corrected chi connectivity index (χ1v) is 5.75. The zero-order valence-electron chi connectivity index (χ0n) is 10.9. The number of hydrogen-bond acceptors (Lipinski definition) is 3. The van der Waals surface area contributed by atoms with E-state index in [-0.39, 0.29) is 23.5 Å². The van der Waals surface area contributed by atoms with E-state index in [1.807, 2.05) is 13.8 Å². The van der Waals surface area contributed by atoms with Crippen LogP contribution >= 0.6 is 0 Å². The molecule has 0 aromatic rings. The Labute approximate surface area is 93.6 Å². The van der Waals surface area contributed by atoms with Crippen molar-refractivity contribution in [2.75, 3.05) is 7.11 Å². The van der Waals surface area contributed by atoms with Gasteiger partial charge in [-0.1, -0.05) is 20.8 Å². The minimum absolute atomic E-state index is 0.104. The lowest BCUT2D eigenvalue weighted by Gasteiger charge is -2.34. The minimum atomic E-state index is -0.149. The monoisotopic (exact) mass is 215 g/mol. The van der Waals surface area contributed by atoms with Crippen molar-refractivity contribution in [1.82, 2.24) is 5.32 Å². The fourth-order valence-electron chi connectivity index (χ4n) is 1.52. The first-order valence-electron chi connectivity index (χ1n) is 5.75. The van der Waals surface area contributed by atoms with Crippen LogP contribution in [-0.2, 0) is 9.53 Å². The highest BCUT2D eigenvalue weighted by molar-refractivity contribution is 5.72. The molecule has 0 heterocycles. The molecule has 2 unspecified atom stereocenters. The molecule has 0 spiro atoms. The van der Waals surface area contributed by atoms with Gasteiger partial charge in [-0.05, 0) is 26.7 Å². The maximum absolute atomic E-state index is 11.4. The molecule has 0 aliphatic carbocycles. The molecule has 0 saturated heterocycles. The van der Waals surface area contributed by atoms with Gasteiger partial charge in [0, 0.05) is 11.6 Å². The van der Waals surface area contributed by atoms with Crippen LogP contribution in [0.25, 0.3) is 0 Å². The molecule has 0 saturated carbocycles. The summed E-state index contributed by atoms with van der Waals surface area (Å²) in [5.41, 5.74) is 0.113. The highest BCUT2D eigenvalue weighted by Crippen LogP contribution is 2.17. The van der Waals surface area contributed by atoms with E-state index in [4.69, 9.17) is 4.74 Å². The summed E-state index contributed by atoms with van der Waals surface area (Å²) in [6, 6.07) is 0.141. The van der Waals surface area contributed by atoms with E-state index in [1.165, 1.54) is 7.11 Å². The third-order valence-corrected chi connectivity index (χ3v) is 3.46. The number of hydrogen-bond donors (Lipinski definition) is 1. The van der Waals surface area contributed by atoms with Gasteiger partial charge in [0.2, 0.25) is 0 Å². The third-order valence-electron chi connectivity index (χ3n) is 3.46. The molecule has 0 radical (unpaired) electrons. The Bertz CT molecular complexity index is 200. The van der Waals surface area contributed by atoms with Crippen LogP contribution in [0.4, 0.5) is 0 Å². The van der Waals surface area contributed by atoms with Crippen molar-refractivity contribution in [2.24, 2.45) is 5.92 Å². The predicted octanol–water partition coefficient (Wildman–Crippen LogP) is 2.35. The van der Waals surface area contributed by atoms with Crippen LogP contribution in [-0.4, -0.2) is 24.7 Å². The fourth-order valence-corrected chi connectivity index (χ4v) is 1.52. The number of ether oxygens (including phenoxy) is 1. The highest BCUT2D eigenvalue weighted by Gasteiger charge is 2.27. The molecule has 0 aliphatic rings. The lowest BCUT2D eigenvalue weighted by atomic mass is 9.92. The van der Waals surface area contributed by atoms with Crippen LogP contribution in [0, 0.1) is 5.92 Å². The predicted molar refractivity (Wildman–Crippen MR) is 62.8 cm³/mol. The van der Waals surface area contributed by atoms with Crippen molar-refractivity contribution in [3.8, 4) is 0 Å². The highest BCUT2D eigenvalue weighted by atomic mass is 16.5. The van der Waals surface area contributed by atoms with Gasteiger partial charge in [-0.3, -0.25) is 4.79 Å². The molecule has 90 valence electrons. The number of methoxy groups -OCH3 is 1. The van der Waals surface area contributed by atoms with E-state index < -0.39 is 0 Å². The summed E-state index contributed by atoms with van der Waals surface area (Å²) in [5.74, 6) is -0.253. The normalized spacial score (nSPS) is 15.9. The number of carbonyl (C=O) groups is 1. The van der Waals surface area contributed by atoms with Gasteiger partial charge in [-0.25, -0.2) is 0 Å². The largest absolute Gasteiger partial charge is 0.469 e. The fraction of sp³-hybridized carbons (Fsp3) is 0.917. The van der Waals surface area contributed by atoms with Crippen molar-refractivity contribution in [3.63, 3.8) is 0 Å². The maximum atomic E-state index is 11.4. The van der Waals surface area contributed by atoms with E-state index in [2.05, 4.69) is 26.1 Å². The second-order valence-corrected chi connectivity index (χ2v) is 4.51. The van der Waals surface area contributed by atoms with E-state index in [0.717, 1.165) is 12.8 Å². The Kier molecular flexibility index (Phi) is 5.88. The molecule has 15 heavy (non-hydrogen) atoms. The van der Waals surface area contributed by atoms with Crippen molar-refractivity contribution in [2.45, 2.75) is 59.0 Å². The van der Waals surface area contributed by atoms with Crippen LogP contribution in [0.2, 0.25) is 0 Å². The van der Waals surface area contributed by atoms with Gasteiger partial charge in [0.25, 0.3) is 0 Å². The molecule has 2 atom stereocenters. The Morgan fingerprint density at radius 1 is 1.33 bits per heavy atom. The molecule has 0 aromatic heterocycles. The molecule has 3 heteroatoms. The molecule has 0 aromatic carbocycles. The summed E-state index contributed by atoms with van der Waals surface area (Å²) in [4.78, 5) is 11.4. The molecular weight excluding hydrogens is 190 g/mol. The van der Waals surface area contributed by atoms with Gasteiger partial charge in [-0.2, -0.15) is 0 Å². The first kappa shape index (κ1) is 14.4. The molecule has 0 aliphatic heterocycles. The lowest BCUT2D eigenvalue weighted by Crippen LogP contribution is -2.50. The van der Waals surface area contributed by atoms with Crippen LogP contribution in [0.15, 0.2) is 0 Å². The van der Waals surface area contributed by atoms with Crippen molar-refractivity contribution in [1.29, 1.82) is 0 Å². The summed E-state index contributed by atoms with van der Waals surface area (Å²) >= 11 is 0. The molecule has 0 rings (SSSR count). The van der Waals surface area contributed by atoms with Crippen molar-refractivity contribution >= 4 is 5.97 Å². The van der Waals surface area contributed by atoms with Crippen LogP contribution in [0.5, 0.6) is 0 Å². The summed E-state index contributed by atoms with van der Waals surface area (Å²) in [6.07, 6.45) is 2.11. The van der Waals surface area contributed by atoms with Crippen LogP contribution in [0.1, 0.15) is 47.5 Å². The molecular formula is C12H25NO2. The van der Waals surface area contributed by atoms with E-state index >= 15 is 0 Å². The Morgan fingerprint density at radius 2 is 1.80 bits per heavy atom. The van der Waals surface area contributed by atoms with Gasteiger partial charge in [-0.15, -0.1) is 0 Å². The Balaban J connectivity index is 4.34. The molecule has 3 nitrogen and oxygen atoms in total. The van der Waals surface area contributed by atoms with Gasteiger partial charge in [0.05, 0.1) is 13.0 Å². The Hall–Kier alpha value is -0.570. The first-order chi connectivity index (χ1) is 6.90. The van der Waals surface area contributed by atoms with E-state index in [0.29, 0.717) is 0 Å². The third kappa shape index (κ3) is 4.20. The average Bonchev–Trinajstić information content (AvgIpc) is 2.26. The second kappa shape index (κ2) is 6.11. The topological polar surface area (TPSA) is 38.3 Å². The summed E-state index contributed by atoms with van der Waals surface area (Å²) < 4.78 is 4.74. The zero-order chi connectivity index (χ0) is 12.1. The molecule has 0 bridgehead atoms. The maximum Gasteiger partial charge on any atom is 0.309 e. The summed E-state index contributed by atoms with van der Waals surface area (Å²) in [7, 11) is 1.43. The summed E-state index contributed by atoms with van der Waals surface area (Å²) in [5, 5.41) is 3.51. The van der Waals surface area contributed by atoms with Gasteiger partial charge < -0.3 is 10.1 Å². The molecule has 0 fully saturated rings. The van der Waals surface area contributed by atoms with Gasteiger partial charge >= 0.3 is 5.97 Å².